The molecule has 0 saturated carbocycles. The minimum absolute atomic E-state index is 1.12. The SMILES string of the molecule is Cc1cccc(Nc2ccccc2N(C)C)c1. The summed E-state index contributed by atoms with van der Waals surface area (Å²) in [4.78, 5) is 2.11. The van der Waals surface area contributed by atoms with Crippen LogP contribution >= 0.6 is 0 Å². The van der Waals surface area contributed by atoms with Crippen LogP contribution in [0.1, 0.15) is 5.56 Å². The zero-order chi connectivity index (χ0) is 12.3. The number of benzene rings is 2. The molecule has 2 aromatic rings. The monoisotopic (exact) mass is 226 g/mol. The van der Waals surface area contributed by atoms with Gasteiger partial charge in [0.2, 0.25) is 0 Å². The highest BCUT2D eigenvalue weighted by atomic mass is 15.1. The second kappa shape index (κ2) is 4.91. The fourth-order valence-electron chi connectivity index (χ4n) is 1.85. The molecule has 0 fully saturated rings. The smallest absolute Gasteiger partial charge is 0.0621 e. The van der Waals surface area contributed by atoms with Gasteiger partial charge in [-0.25, -0.2) is 0 Å². The fraction of sp³-hybridized carbons (Fsp3) is 0.200. The molecule has 2 heteroatoms. The van der Waals surface area contributed by atoms with E-state index in [0.29, 0.717) is 0 Å². The summed E-state index contributed by atoms with van der Waals surface area (Å²) in [5, 5.41) is 3.45. The van der Waals surface area contributed by atoms with E-state index in [2.05, 4.69) is 73.7 Å². The van der Waals surface area contributed by atoms with Crippen LogP contribution in [0.3, 0.4) is 0 Å². The molecular formula is C15H18N2. The van der Waals surface area contributed by atoms with Gasteiger partial charge in [-0.05, 0) is 36.8 Å². The molecular weight excluding hydrogens is 208 g/mol. The Morgan fingerprint density at radius 2 is 1.71 bits per heavy atom. The molecule has 0 aliphatic heterocycles. The minimum atomic E-state index is 1.12. The van der Waals surface area contributed by atoms with Gasteiger partial charge in [0.1, 0.15) is 0 Å². The third-order valence-electron chi connectivity index (χ3n) is 2.68. The Hall–Kier alpha value is -1.96. The third kappa shape index (κ3) is 2.78. The van der Waals surface area contributed by atoms with Gasteiger partial charge in [-0.3, -0.25) is 0 Å². The van der Waals surface area contributed by atoms with Crippen molar-refractivity contribution in [3.8, 4) is 0 Å². The predicted molar refractivity (Wildman–Crippen MR) is 75.2 cm³/mol. The van der Waals surface area contributed by atoms with Crippen molar-refractivity contribution >= 4 is 17.1 Å². The molecule has 1 N–H and O–H groups in total. The van der Waals surface area contributed by atoms with Crippen molar-refractivity contribution in [1.29, 1.82) is 0 Å². The molecule has 0 atom stereocenters. The summed E-state index contributed by atoms with van der Waals surface area (Å²) in [6, 6.07) is 16.7. The van der Waals surface area contributed by atoms with E-state index in [9.17, 15) is 0 Å². The highest BCUT2D eigenvalue weighted by Crippen LogP contribution is 2.27. The Bertz CT molecular complexity index is 504. The second-order valence-corrected chi connectivity index (χ2v) is 4.41. The van der Waals surface area contributed by atoms with E-state index in [1.54, 1.807) is 0 Å². The van der Waals surface area contributed by atoms with Crippen molar-refractivity contribution in [2.24, 2.45) is 0 Å². The lowest BCUT2D eigenvalue weighted by Gasteiger charge is -2.18. The molecule has 0 heterocycles. The summed E-state index contributed by atoms with van der Waals surface area (Å²) in [5.74, 6) is 0. The molecule has 2 nitrogen and oxygen atoms in total. The molecule has 0 spiro atoms. The summed E-state index contributed by atoms with van der Waals surface area (Å²) in [5.41, 5.74) is 4.70. The molecule has 17 heavy (non-hydrogen) atoms. The fourth-order valence-corrected chi connectivity index (χ4v) is 1.85. The summed E-state index contributed by atoms with van der Waals surface area (Å²) < 4.78 is 0. The van der Waals surface area contributed by atoms with Crippen LogP contribution in [0.5, 0.6) is 0 Å². The van der Waals surface area contributed by atoms with Gasteiger partial charge in [0, 0.05) is 19.8 Å². The number of aryl methyl sites for hydroxylation is 1. The van der Waals surface area contributed by atoms with Crippen LogP contribution in [-0.2, 0) is 0 Å². The van der Waals surface area contributed by atoms with Gasteiger partial charge in [0.15, 0.2) is 0 Å². The van der Waals surface area contributed by atoms with E-state index in [1.807, 2.05) is 6.07 Å². The lowest BCUT2D eigenvalue weighted by Crippen LogP contribution is -2.10. The van der Waals surface area contributed by atoms with Crippen molar-refractivity contribution in [3.05, 3.63) is 54.1 Å². The van der Waals surface area contributed by atoms with Crippen molar-refractivity contribution in [2.45, 2.75) is 6.92 Å². The number of nitrogens with one attached hydrogen (secondary N) is 1. The molecule has 0 unspecified atom stereocenters. The second-order valence-electron chi connectivity index (χ2n) is 4.41. The highest BCUT2D eigenvalue weighted by Gasteiger charge is 2.03. The maximum atomic E-state index is 3.45. The van der Waals surface area contributed by atoms with Gasteiger partial charge >= 0.3 is 0 Å². The lowest BCUT2D eigenvalue weighted by atomic mass is 10.2. The zero-order valence-corrected chi connectivity index (χ0v) is 10.6. The standard InChI is InChI=1S/C15H18N2/c1-12-7-6-8-13(11-12)16-14-9-4-5-10-15(14)17(2)3/h4-11,16H,1-3H3. The average Bonchev–Trinajstić information content (AvgIpc) is 2.29. The van der Waals surface area contributed by atoms with Gasteiger partial charge in [0.05, 0.1) is 11.4 Å². The zero-order valence-electron chi connectivity index (χ0n) is 10.6. The van der Waals surface area contributed by atoms with Crippen LogP contribution in [0.2, 0.25) is 0 Å². The third-order valence-corrected chi connectivity index (χ3v) is 2.68. The van der Waals surface area contributed by atoms with E-state index in [0.717, 1.165) is 11.4 Å². The molecule has 0 saturated heterocycles. The minimum Gasteiger partial charge on any atom is -0.376 e. The Labute approximate surface area is 103 Å². The van der Waals surface area contributed by atoms with E-state index in [-0.39, 0.29) is 0 Å². The molecule has 0 amide bonds. The van der Waals surface area contributed by atoms with Crippen molar-refractivity contribution < 1.29 is 0 Å². The Morgan fingerprint density at radius 3 is 2.41 bits per heavy atom. The number of nitrogens with zero attached hydrogens (tertiary/aromatic N) is 1. The summed E-state index contributed by atoms with van der Waals surface area (Å²) in [7, 11) is 4.10. The highest BCUT2D eigenvalue weighted by molar-refractivity contribution is 5.74. The van der Waals surface area contributed by atoms with E-state index >= 15 is 0 Å². The largest absolute Gasteiger partial charge is 0.376 e. The molecule has 0 radical (unpaired) electrons. The van der Waals surface area contributed by atoms with Gasteiger partial charge in [-0.1, -0.05) is 24.3 Å². The van der Waals surface area contributed by atoms with Gasteiger partial charge in [0.25, 0.3) is 0 Å². The topological polar surface area (TPSA) is 15.3 Å². The van der Waals surface area contributed by atoms with Crippen molar-refractivity contribution in [1.82, 2.24) is 0 Å². The Balaban J connectivity index is 2.30. The first-order chi connectivity index (χ1) is 8.16. The predicted octanol–water partition coefficient (Wildman–Crippen LogP) is 3.80. The number of hydrogen-bond donors (Lipinski definition) is 1. The summed E-state index contributed by atoms with van der Waals surface area (Å²) in [6.45, 7) is 2.10. The van der Waals surface area contributed by atoms with E-state index < -0.39 is 0 Å². The first kappa shape index (κ1) is 11.5. The van der Waals surface area contributed by atoms with Crippen molar-refractivity contribution in [2.75, 3.05) is 24.3 Å². The van der Waals surface area contributed by atoms with Crippen molar-refractivity contribution in [3.63, 3.8) is 0 Å². The van der Waals surface area contributed by atoms with E-state index in [1.165, 1.54) is 11.3 Å². The summed E-state index contributed by atoms with van der Waals surface area (Å²) in [6.07, 6.45) is 0. The maximum Gasteiger partial charge on any atom is 0.0621 e. The van der Waals surface area contributed by atoms with Gasteiger partial charge in [-0.15, -0.1) is 0 Å². The number of anilines is 3. The Morgan fingerprint density at radius 1 is 0.941 bits per heavy atom. The van der Waals surface area contributed by atoms with Crippen LogP contribution in [0.4, 0.5) is 17.1 Å². The number of para-hydroxylation sites is 2. The molecule has 0 aliphatic carbocycles. The van der Waals surface area contributed by atoms with Crippen LogP contribution < -0.4 is 10.2 Å². The molecule has 0 bridgehead atoms. The number of rotatable bonds is 3. The normalized spacial score (nSPS) is 10.1. The van der Waals surface area contributed by atoms with Gasteiger partial charge < -0.3 is 10.2 Å². The summed E-state index contributed by atoms with van der Waals surface area (Å²) >= 11 is 0. The number of hydrogen-bond acceptors (Lipinski definition) is 2. The van der Waals surface area contributed by atoms with Crippen LogP contribution in [0.25, 0.3) is 0 Å². The first-order valence-corrected chi connectivity index (χ1v) is 5.77. The maximum absolute atomic E-state index is 3.45. The van der Waals surface area contributed by atoms with E-state index in [4.69, 9.17) is 0 Å². The van der Waals surface area contributed by atoms with Crippen LogP contribution in [-0.4, -0.2) is 14.1 Å². The quantitative estimate of drug-likeness (QED) is 0.856. The Kier molecular flexibility index (Phi) is 3.33. The first-order valence-electron chi connectivity index (χ1n) is 5.77. The van der Waals surface area contributed by atoms with Crippen LogP contribution in [0.15, 0.2) is 48.5 Å². The van der Waals surface area contributed by atoms with Crippen LogP contribution in [0, 0.1) is 6.92 Å². The lowest BCUT2D eigenvalue weighted by molar-refractivity contribution is 1.13. The van der Waals surface area contributed by atoms with Gasteiger partial charge in [-0.2, -0.15) is 0 Å². The molecule has 88 valence electrons. The molecule has 0 aromatic heterocycles. The molecule has 2 aromatic carbocycles. The average molecular weight is 226 g/mol. The molecule has 0 aliphatic rings. The molecule has 2 rings (SSSR count).